The molecule has 8 nitrogen and oxygen atoms in total. The highest BCUT2D eigenvalue weighted by Crippen LogP contribution is 2.54. The van der Waals surface area contributed by atoms with Crippen LogP contribution in [-0.4, -0.2) is 42.7 Å². The Bertz CT molecular complexity index is 1420. The molecule has 0 atom stereocenters. The zero-order valence-electron chi connectivity index (χ0n) is 21.9. The van der Waals surface area contributed by atoms with Gasteiger partial charge in [-0.2, -0.15) is 5.10 Å². The minimum Gasteiger partial charge on any atom is -0.371 e. The van der Waals surface area contributed by atoms with Crippen molar-refractivity contribution in [3.63, 3.8) is 0 Å². The van der Waals surface area contributed by atoms with Crippen LogP contribution < -0.4 is 14.9 Å². The summed E-state index contributed by atoms with van der Waals surface area (Å²) in [5.41, 5.74) is 3.78. The zero-order chi connectivity index (χ0) is 26.4. The summed E-state index contributed by atoms with van der Waals surface area (Å²) in [4.78, 5) is 16.0. The van der Waals surface area contributed by atoms with Crippen LogP contribution in [0.5, 0.6) is 0 Å². The number of aromatic nitrogens is 2. The molecule has 0 unspecified atom stereocenters. The summed E-state index contributed by atoms with van der Waals surface area (Å²) >= 11 is 0. The number of nitrogens with zero attached hydrogens (tertiary/aromatic N) is 3. The quantitative estimate of drug-likeness (QED) is 0.486. The van der Waals surface area contributed by atoms with E-state index in [1.165, 1.54) is 25.0 Å². The zero-order valence-corrected chi connectivity index (χ0v) is 22.7. The summed E-state index contributed by atoms with van der Waals surface area (Å²) < 4.78 is 30.1. The molecule has 3 aromatic rings. The third-order valence-corrected chi connectivity index (χ3v) is 9.08. The minimum atomic E-state index is -3.72. The van der Waals surface area contributed by atoms with Crippen molar-refractivity contribution in [3.8, 4) is 11.3 Å². The number of amides is 1. The third kappa shape index (κ3) is 5.57. The van der Waals surface area contributed by atoms with Crippen LogP contribution in [0.4, 0.5) is 11.4 Å². The van der Waals surface area contributed by atoms with Crippen LogP contribution in [-0.2, 0) is 17.1 Å². The number of anilines is 2. The highest BCUT2D eigenvalue weighted by Gasteiger charge is 2.44. The summed E-state index contributed by atoms with van der Waals surface area (Å²) in [6.07, 6.45) is 6.68. The number of piperidine rings is 1. The molecule has 5 rings (SSSR count). The number of hydrogen-bond acceptors (Lipinski definition) is 5. The maximum Gasteiger partial charge on any atom is 0.257 e. The number of aryl methyl sites for hydroxylation is 1. The summed E-state index contributed by atoms with van der Waals surface area (Å²) in [6, 6.07) is 14.2. The van der Waals surface area contributed by atoms with Gasteiger partial charge in [-0.3, -0.25) is 9.48 Å². The molecular formula is C28H35N5O3S. The van der Waals surface area contributed by atoms with Crippen LogP contribution in [0, 0.1) is 5.41 Å². The highest BCUT2D eigenvalue weighted by atomic mass is 32.2. The molecule has 37 heavy (non-hydrogen) atoms. The number of sulfonamides is 1. The van der Waals surface area contributed by atoms with Crippen LogP contribution in [0.1, 0.15) is 56.8 Å². The maximum atomic E-state index is 13.6. The summed E-state index contributed by atoms with van der Waals surface area (Å²) in [5, 5.41) is 7.23. The highest BCUT2D eigenvalue weighted by molar-refractivity contribution is 7.89. The molecule has 2 N–H and O–H groups in total. The van der Waals surface area contributed by atoms with Gasteiger partial charge in [0.2, 0.25) is 10.0 Å². The van der Waals surface area contributed by atoms with Crippen molar-refractivity contribution in [1.29, 1.82) is 0 Å². The molecule has 2 aliphatic rings. The molecule has 196 valence electrons. The topological polar surface area (TPSA) is 96.3 Å². The number of nitrogens with one attached hydrogen (secondary N) is 2. The molecule has 9 heteroatoms. The Kier molecular flexibility index (Phi) is 6.40. The second-order valence-electron chi connectivity index (χ2n) is 11.4. The lowest BCUT2D eigenvalue weighted by Crippen LogP contribution is -2.40. The SMILES string of the molecule is Cn1nccc1-c1ccc(C(=O)Nc2cccc(S(=O)(=O)NC(C)(C)C)c2)c(N2CCC3(CC2)CC3)c1. The fourth-order valence-electron chi connectivity index (χ4n) is 5.10. The third-order valence-electron chi connectivity index (χ3n) is 7.32. The number of benzene rings is 2. The van der Waals surface area contributed by atoms with Crippen LogP contribution in [0.25, 0.3) is 11.3 Å². The van der Waals surface area contributed by atoms with Crippen molar-refractivity contribution in [2.45, 2.75) is 56.9 Å². The molecular weight excluding hydrogens is 486 g/mol. The molecule has 1 aromatic heterocycles. The molecule has 0 radical (unpaired) electrons. The second-order valence-corrected chi connectivity index (χ2v) is 13.1. The first-order chi connectivity index (χ1) is 17.4. The Morgan fingerprint density at radius 2 is 1.73 bits per heavy atom. The number of hydrogen-bond donors (Lipinski definition) is 2. The van der Waals surface area contributed by atoms with Crippen molar-refractivity contribution in [2.24, 2.45) is 12.5 Å². The average Bonchev–Trinajstić information content (AvgIpc) is 3.44. The smallest absolute Gasteiger partial charge is 0.257 e. The van der Waals surface area contributed by atoms with E-state index in [0.29, 0.717) is 16.7 Å². The van der Waals surface area contributed by atoms with Gasteiger partial charge in [-0.05, 0) is 88.3 Å². The standard InChI is InChI=1S/C28H35N5O3S/c1-27(2,3)31-37(35,36)22-7-5-6-21(19-22)30-26(34)23-9-8-20(24-10-15-29-32(24)4)18-25(23)33-16-13-28(11-12-28)14-17-33/h5-10,15,18-19,31H,11-14,16-17H2,1-4H3,(H,30,34). The van der Waals surface area contributed by atoms with E-state index < -0.39 is 15.6 Å². The first kappa shape index (κ1) is 25.5. The average molecular weight is 522 g/mol. The van der Waals surface area contributed by atoms with Gasteiger partial charge in [0.1, 0.15) is 0 Å². The molecule has 1 spiro atoms. The molecule has 1 aliphatic carbocycles. The maximum absolute atomic E-state index is 13.6. The van der Waals surface area contributed by atoms with Gasteiger partial charge < -0.3 is 10.2 Å². The van der Waals surface area contributed by atoms with Gasteiger partial charge >= 0.3 is 0 Å². The molecule has 0 bridgehead atoms. The summed E-state index contributed by atoms with van der Waals surface area (Å²) in [5.74, 6) is -0.267. The normalized spacial score (nSPS) is 17.1. The lowest BCUT2D eigenvalue weighted by molar-refractivity contribution is 0.102. The first-order valence-electron chi connectivity index (χ1n) is 12.8. The van der Waals surface area contributed by atoms with E-state index in [1.807, 2.05) is 29.9 Å². The van der Waals surface area contributed by atoms with E-state index in [2.05, 4.69) is 26.1 Å². The van der Waals surface area contributed by atoms with Crippen LogP contribution in [0.2, 0.25) is 0 Å². The van der Waals surface area contributed by atoms with Crippen molar-refractivity contribution < 1.29 is 13.2 Å². The van der Waals surface area contributed by atoms with Crippen molar-refractivity contribution in [1.82, 2.24) is 14.5 Å². The predicted molar refractivity (Wildman–Crippen MR) is 146 cm³/mol. The van der Waals surface area contributed by atoms with Gasteiger partial charge in [0.25, 0.3) is 5.91 Å². The first-order valence-corrected chi connectivity index (χ1v) is 14.3. The summed E-state index contributed by atoms with van der Waals surface area (Å²) in [6.45, 7) is 7.21. The molecule has 2 fully saturated rings. The van der Waals surface area contributed by atoms with E-state index in [9.17, 15) is 13.2 Å². The Balaban J connectivity index is 1.44. The Morgan fingerprint density at radius 3 is 2.35 bits per heavy atom. The molecule has 1 saturated heterocycles. The Hall–Kier alpha value is -3.17. The van der Waals surface area contributed by atoms with E-state index >= 15 is 0 Å². The molecule has 2 heterocycles. The molecule has 1 saturated carbocycles. The minimum absolute atomic E-state index is 0.109. The van der Waals surface area contributed by atoms with E-state index in [4.69, 9.17) is 0 Å². The Morgan fingerprint density at radius 1 is 1.00 bits per heavy atom. The van der Waals surface area contributed by atoms with Gasteiger partial charge in [0.05, 0.1) is 21.8 Å². The van der Waals surface area contributed by atoms with Gasteiger partial charge in [-0.1, -0.05) is 12.1 Å². The number of rotatable bonds is 6. The van der Waals surface area contributed by atoms with Gasteiger partial charge in [0, 0.05) is 43.1 Å². The van der Waals surface area contributed by atoms with Crippen LogP contribution in [0.15, 0.2) is 59.6 Å². The fourth-order valence-corrected chi connectivity index (χ4v) is 6.57. The van der Waals surface area contributed by atoms with Crippen molar-refractivity contribution in [3.05, 3.63) is 60.3 Å². The fraction of sp³-hybridized carbons (Fsp3) is 0.429. The largest absolute Gasteiger partial charge is 0.371 e. The lowest BCUT2D eigenvalue weighted by Gasteiger charge is -2.35. The Labute approximate surface area is 219 Å². The van der Waals surface area contributed by atoms with Gasteiger partial charge in [0.15, 0.2) is 0 Å². The molecule has 1 aliphatic heterocycles. The van der Waals surface area contributed by atoms with E-state index in [-0.39, 0.29) is 10.8 Å². The van der Waals surface area contributed by atoms with E-state index in [0.717, 1.165) is 42.9 Å². The summed E-state index contributed by atoms with van der Waals surface area (Å²) in [7, 11) is -1.82. The number of carbonyl (C=O) groups excluding carboxylic acids is 1. The monoisotopic (exact) mass is 521 g/mol. The molecule has 1 amide bonds. The lowest BCUT2D eigenvalue weighted by atomic mass is 9.92. The predicted octanol–water partition coefficient (Wildman–Crippen LogP) is 4.80. The van der Waals surface area contributed by atoms with E-state index in [1.54, 1.807) is 39.1 Å². The molecule has 2 aromatic carbocycles. The van der Waals surface area contributed by atoms with Gasteiger partial charge in [-0.25, -0.2) is 13.1 Å². The van der Waals surface area contributed by atoms with Crippen LogP contribution in [0.3, 0.4) is 0 Å². The van der Waals surface area contributed by atoms with Crippen LogP contribution >= 0.6 is 0 Å². The number of carbonyl (C=O) groups is 1. The van der Waals surface area contributed by atoms with Crippen molar-refractivity contribution >= 4 is 27.3 Å². The van der Waals surface area contributed by atoms with Gasteiger partial charge in [-0.15, -0.1) is 0 Å². The second kappa shape index (κ2) is 9.29. The van der Waals surface area contributed by atoms with Crippen molar-refractivity contribution in [2.75, 3.05) is 23.3 Å².